The highest BCUT2D eigenvalue weighted by atomic mass is 16.7. The number of nitrogens with two attached hydrogens (primary N) is 3. The molecular formula is C20H35N3O10. The van der Waals surface area contributed by atoms with Crippen molar-refractivity contribution in [3.63, 3.8) is 0 Å². The first-order valence-corrected chi connectivity index (χ1v) is 10.9. The molecule has 0 aromatic rings. The van der Waals surface area contributed by atoms with Crippen molar-refractivity contribution in [1.29, 1.82) is 0 Å². The van der Waals surface area contributed by atoms with Crippen molar-refractivity contribution in [2.24, 2.45) is 17.2 Å². The molecule has 12 N–H and O–H groups in total. The first-order valence-electron chi connectivity index (χ1n) is 10.9. The molecule has 33 heavy (non-hydrogen) atoms. The van der Waals surface area contributed by atoms with Gasteiger partial charge in [0.2, 0.25) is 0 Å². The van der Waals surface area contributed by atoms with Crippen LogP contribution in [0.1, 0.15) is 19.8 Å². The molecule has 3 aliphatic rings. The first-order chi connectivity index (χ1) is 15.5. The topological polar surface area (TPSA) is 236 Å². The third kappa shape index (κ3) is 5.19. The average molecular weight is 478 g/mol. The van der Waals surface area contributed by atoms with Crippen molar-refractivity contribution >= 4 is 0 Å². The Morgan fingerprint density at radius 2 is 1.52 bits per heavy atom. The monoisotopic (exact) mass is 477 g/mol. The average Bonchev–Trinajstić information content (AvgIpc) is 3.06. The molecule has 13 heteroatoms. The standard InChI is InChI=1S/C20H35N3O10/c1-3-8(24)17-14(28)13(27)10(23)19(32-17)31-16-7(22)5-6(21)11(25)18(16)33-20-15(29)12(26)9(4-2)30-20/h1,6-20,24-29H,4-5,21-23H2,2H3/t6-,7?,8-,9-,10?,11?,12?,13?,14+,15+,16+,17?,18?,19+,20+/m1/s1. The first kappa shape index (κ1) is 26.6. The lowest BCUT2D eigenvalue weighted by atomic mass is 9.84. The van der Waals surface area contributed by atoms with Crippen LogP contribution in [0.3, 0.4) is 0 Å². The summed E-state index contributed by atoms with van der Waals surface area (Å²) in [4.78, 5) is 0. The maximum Gasteiger partial charge on any atom is 0.187 e. The predicted molar refractivity (Wildman–Crippen MR) is 111 cm³/mol. The van der Waals surface area contributed by atoms with E-state index in [1.807, 2.05) is 5.92 Å². The molecule has 0 spiro atoms. The fourth-order valence-electron chi connectivity index (χ4n) is 4.47. The fourth-order valence-corrected chi connectivity index (χ4v) is 4.47. The largest absolute Gasteiger partial charge is 0.389 e. The molecule has 2 heterocycles. The van der Waals surface area contributed by atoms with Gasteiger partial charge < -0.3 is 66.8 Å². The van der Waals surface area contributed by atoms with Crippen LogP contribution in [0.25, 0.3) is 0 Å². The molecule has 7 unspecified atom stereocenters. The van der Waals surface area contributed by atoms with Crippen LogP contribution in [-0.2, 0) is 18.9 Å². The Balaban J connectivity index is 1.80. The molecule has 2 saturated heterocycles. The SMILES string of the molecule is C#C[C@@H](O)C1O[C@H](O[C@H]2C(N)C[C@@H](N)C(O)C2O[C@@H]2O[C@H](CC)C(O)[C@@H]2O)C(N)C(O)[C@@H]1O. The summed E-state index contributed by atoms with van der Waals surface area (Å²) in [7, 11) is 0. The van der Waals surface area contributed by atoms with E-state index in [0.717, 1.165) is 0 Å². The molecule has 0 bridgehead atoms. The van der Waals surface area contributed by atoms with Gasteiger partial charge in [0.05, 0.1) is 18.2 Å². The summed E-state index contributed by atoms with van der Waals surface area (Å²) in [6.07, 6.45) is -9.96. The minimum atomic E-state index is -1.58. The van der Waals surface area contributed by atoms with Gasteiger partial charge in [-0.2, -0.15) is 0 Å². The minimum Gasteiger partial charge on any atom is -0.389 e. The number of rotatable bonds is 6. The lowest BCUT2D eigenvalue weighted by molar-refractivity contribution is -0.313. The van der Waals surface area contributed by atoms with E-state index in [4.69, 9.17) is 42.6 Å². The van der Waals surface area contributed by atoms with Crippen LogP contribution in [-0.4, -0.2) is 122 Å². The van der Waals surface area contributed by atoms with Crippen LogP contribution in [0.15, 0.2) is 0 Å². The molecule has 0 radical (unpaired) electrons. The van der Waals surface area contributed by atoms with E-state index in [0.29, 0.717) is 6.42 Å². The molecule has 2 aliphatic heterocycles. The number of aliphatic hydroxyl groups is 6. The van der Waals surface area contributed by atoms with Gasteiger partial charge in [0.15, 0.2) is 12.6 Å². The summed E-state index contributed by atoms with van der Waals surface area (Å²) in [5, 5.41) is 61.6. The number of hydrogen-bond acceptors (Lipinski definition) is 13. The summed E-state index contributed by atoms with van der Waals surface area (Å²) in [6, 6.07) is -2.85. The quantitative estimate of drug-likeness (QED) is 0.163. The highest BCUT2D eigenvalue weighted by Gasteiger charge is 2.52. The summed E-state index contributed by atoms with van der Waals surface area (Å²) in [6.45, 7) is 1.76. The Morgan fingerprint density at radius 1 is 0.879 bits per heavy atom. The summed E-state index contributed by atoms with van der Waals surface area (Å²) < 4.78 is 22.8. The van der Waals surface area contributed by atoms with Crippen molar-refractivity contribution in [3.05, 3.63) is 0 Å². The Morgan fingerprint density at radius 3 is 2.09 bits per heavy atom. The van der Waals surface area contributed by atoms with Crippen molar-refractivity contribution in [1.82, 2.24) is 0 Å². The van der Waals surface area contributed by atoms with Crippen molar-refractivity contribution in [2.45, 2.75) is 112 Å². The molecule has 1 saturated carbocycles. The van der Waals surface area contributed by atoms with Crippen LogP contribution in [0, 0.1) is 12.3 Å². The normalized spacial score (nSPS) is 51.8. The summed E-state index contributed by atoms with van der Waals surface area (Å²) in [5.74, 6) is 2.01. The molecule has 15 atom stereocenters. The molecule has 0 amide bonds. The Kier molecular flexibility index (Phi) is 8.68. The Labute approximate surface area is 191 Å². The molecule has 0 aromatic heterocycles. The van der Waals surface area contributed by atoms with Crippen LogP contribution in [0.4, 0.5) is 0 Å². The predicted octanol–water partition coefficient (Wildman–Crippen LogP) is -5.20. The molecule has 3 fully saturated rings. The molecule has 190 valence electrons. The van der Waals surface area contributed by atoms with Gasteiger partial charge in [0.1, 0.15) is 48.8 Å². The van der Waals surface area contributed by atoms with Gasteiger partial charge in [0.25, 0.3) is 0 Å². The number of terminal acetylenes is 1. The maximum absolute atomic E-state index is 10.7. The van der Waals surface area contributed by atoms with Crippen LogP contribution in [0.2, 0.25) is 0 Å². The molecule has 3 rings (SSSR count). The molecular weight excluding hydrogens is 442 g/mol. The Bertz CT molecular complexity index is 697. The van der Waals surface area contributed by atoms with E-state index >= 15 is 0 Å². The second kappa shape index (κ2) is 10.8. The zero-order chi connectivity index (χ0) is 24.6. The smallest absolute Gasteiger partial charge is 0.187 e. The summed E-state index contributed by atoms with van der Waals surface area (Å²) >= 11 is 0. The Hall–Kier alpha value is -0.960. The van der Waals surface area contributed by atoms with E-state index < -0.39 is 91.7 Å². The zero-order valence-electron chi connectivity index (χ0n) is 18.2. The van der Waals surface area contributed by atoms with E-state index in [-0.39, 0.29) is 6.42 Å². The third-order valence-electron chi connectivity index (χ3n) is 6.54. The number of ether oxygens (including phenoxy) is 4. The third-order valence-corrected chi connectivity index (χ3v) is 6.54. The fraction of sp³-hybridized carbons (Fsp3) is 0.900. The lowest BCUT2D eigenvalue weighted by Crippen LogP contribution is -2.68. The maximum atomic E-state index is 10.7. The van der Waals surface area contributed by atoms with Gasteiger partial charge in [-0.3, -0.25) is 0 Å². The van der Waals surface area contributed by atoms with Crippen LogP contribution < -0.4 is 17.2 Å². The second-order valence-electron chi connectivity index (χ2n) is 8.83. The van der Waals surface area contributed by atoms with Crippen LogP contribution in [0.5, 0.6) is 0 Å². The van der Waals surface area contributed by atoms with E-state index in [2.05, 4.69) is 0 Å². The molecule has 13 nitrogen and oxygen atoms in total. The number of aliphatic hydroxyl groups excluding tert-OH is 6. The van der Waals surface area contributed by atoms with Crippen molar-refractivity contribution in [2.75, 3.05) is 0 Å². The minimum absolute atomic E-state index is 0.128. The van der Waals surface area contributed by atoms with Gasteiger partial charge in [0, 0.05) is 12.1 Å². The van der Waals surface area contributed by atoms with Gasteiger partial charge in [-0.1, -0.05) is 12.8 Å². The zero-order valence-corrected chi connectivity index (χ0v) is 18.2. The van der Waals surface area contributed by atoms with Gasteiger partial charge in [-0.05, 0) is 12.8 Å². The van der Waals surface area contributed by atoms with Gasteiger partial charge in [-0.25, -0.2) is 0 Å². The van der Waals surface area contributed by atoms with Gasteiger partial charge in [-0.15, -0.1) is 6.42 Å². The lowest BCUT2D eigenvalue weighted by Gasteiger charge is -2.47. The molecule has 0 aromatic carbocycles. The van der Waals surface area contributed by atoms with Crippen molar-refractivity contribution < 1.29 is 49.6 Å². The molecule has 1 aliphatic carbocycles. The van der Waals surface area contributed by atoms with Gasteiger partial charge >= 0.3 is 0 Å². The van der Waals surface area contributed by atoms with Crippen molar-refractivity contribution in [3.8, 4) is 12.3 Å². The summed E-state index contributed by atoms with van der Waals surface area (Å²) in [5.41, 5.74) is 18.2. The van der Waals surface area contributed by atoms with E-state index in [1.54, 1.807) is 6.92 Å². The van der Waals surface area contributed by atoms with Crippen LogP contribution >= 0.6 is 0 Å². The highest BCUT2D eigenvalue weighted by Crippen LogP contribution is 2.32. The van der Waals surface area contributed by atoms with E-state index in [1.165, 1.54) is 0 Å². The van der Waals surface area contributed by atoms with E-state index in [9.17, 15) is 30.6 Å². The highest BCUT2D eigenvalue weighted by molar-refractivity contribution is 5.06. The number of hydrogen-bond donors (Lipinski definition) is 9. The second-order valence-corrected chi connectivity index (χ2v) is 8.83.